The van der Waals surface area contributed by atoms with Crippen LogP contribution in [0, 0.1) is 13.8 Å². The first-order valence-electron chi connectivity index (χ1n) is 7.78. The molecule has 0 saturated carbocycles. The highest BCUT2D eigenvalue weighted by Gasteiger charge is 2.22. The van der Waals surface area contributed by atoms with E-state index in [0.29, 0.717) is 11.4 Å². The SMILES string of the molecule is COc1ccc(S(=O)(=O)N[C@@H](C)C(=O)Nc2cccc(C)c2C)cc1. The average Bonchev–Trinajstić information content (AvgIpc) is 2.58. The van der Waals surface area contributed by atoms with Gasteiger partial charge >= 0.3 is 0 Å². The van der Waals surface area contributed by atoms with Gasteiger partial charge in [0.05, 0.1) is 18.0 Å². The number of aryl methyl sites for hydroxylation is 1. The van der Waals surface area contributed by atoms with Crippen LogP contribution in [0.3, 0.4) is 0 Å². The van der Waals surface area contributed by atoms with Crippen molar-refractivity contribution < 1.29 is 17.9 Å². The Bertz CT molecular complexity index is 861. The molecule has 0 heterocycles. The van der Waals surface area contributed by atoms with Crippen LogP contribution in [0.15, 0.2) is 47.4 Å². The molecule has 1 atom stereocenters. The van der Waals surface area contributed by atoms with Crippen molar-refractivity contribution in [3.63, 3.8) is 0 Å². The molecule has 0 aliphatic rings. The van der Waals surface area contributed by atoms with Crippen molar-refractivity contribution in [3.05, 3.63) is 53.6 Å². The van der Waals surface area contributed by atoms with Crippen molar-refractivity contribution in [2.75, 3.05) is 12.4 Å². The molecule has 134 valence electrons. The van der Waals surface area contributed by atoms with E-state index in [-0.39, 0.29) is 4.90 Å². The molecule has 2 rings (SSSR count). The zero-order valence-corrected chi connectivity index (χ0v) is 15.5. The number of carbonyl (C=O) groups excluding carboxylic acids is 1. The molecule has 0 bridgehead atoms. The van der Waals surface area contributed by atoms with Crippen LogP contribution < -0.4 is 14.8 Å². The molecule has 0 aliphatic heterocycles. The van der Waals surface area contributed by atoms with Gasteiger partial charge in [0.15, 0.2) is 0 Å². The molecule has 2 aromatic rings. The van der Waals surface area contributed by atoms with Gasteiger partial charge in [-0.05, 0) is 62.2 Å². The minimum Gasteiger partial charge on any atom is -0.497 e. The Hall–Kier alpha value is -2.38. The summed E-state index contributed by atoms with van der Waals surface area (Å²) < 4.78 is 32.2. The third-order valence-electron chi connectivity index (χ3n) is 3.96. The highest BCUT2D eigenvalue weighted by molar-refractivity contribution is 7.89. The highest BCUT2D eigenvalue weighted by atomic mass is 32.2. The summed E-state index contributed by atoms with van der Waals surface area (Å²) in [5.74, 6) is 0.130. The predicted molar refractivity (Wildman–Crippen MR) is 97.3 cm³/mol. The fourth-order valence-corrected chi connectivity index (χ4v) is 3.44. The van der Waals surface area contributed by atoms with E-state index in [1.54, 1.807) is 18.2 Å². The van der Waals surface area contributed by atoms with Gasteiger partial charge in [-0.1, -0.05) is 12.1 Å². The second-order valence-electron chi connectivity index (χ2n) is 5.76. The Morgan fingerprint density at radius 3 is 2.32 bits per heavy atom. The van der Waals surface area contributed by atoms with E-state index < -0.39 is 22.0 Å². The fraction of sp³-hybridized carbons (Fsp3) is 0.278. The lowest BCUT2D eigenvalue weighted by molar-refractivity contribution is -0.117. The van der Waals surface area contributed by atoms with Gasteiger partial charge in [0.25, 0.3) is 0 Å². The smallest absolute Gasteiger partial charge is 0.242 e. The normalized spacial score (nSPS) is 12.5. The van der Waals surface area contributed by atoms with Crippen LogP contribution in [0.25, 0.3) is 0 Å². The van der Waals surface area contributed by atoms with E-state index in [1.165, 1.54) is 26.2 Å². The summed E-state index contributed by atoms with van der Waals surface area (Å²) in [6.07, 6.45) is 0. The number of hydrogen-bond acceptors (Lipinski definition) is 4. The third-order valence-corrected chi connectivity index (χ3v) is 5.51. The fourth-order valence-electron chi connectivity index (χ4n) is 2.24. The van der Waals surface area contributed by atoms with E-state index in [9.17, 15) is 13.2 Å². The second kappa shape index (κ2) is 7.67. The monoisotopic (exact) mass is 362 g/mol. The van der Waals surface area contributed by atoms with Gasteiger partial charge in [-0.25, -0.2) is 8.42 Å². The van der Waals surface area contributed by atoms with Crippen LogP contribution >= 0.6 is 0 Å². The van der Waals surface area contributed by atoms with E-state index in [1.807, 2.05) is 26.0 Å². The minimum atomic E-state index is -3.81. The van der Waals surface area contributed by atoms with Crippen molar-refractivity contribution >= 4 is 21.6 Å². The number of ether oxygens (including phenoxy) is 1. The first kappa shape index (κ1) is 19.0. The summed E-state index contributed by atoms with van der Waals surface area (Å²) in [4.78, 5) is 12.4. The first-order chi connectivity index (χ1) is 11.7. The van der Waals surface area contributed by atoms with Crippen molar-refractivity contribution in [2.45, 2.75) is 31.7 Å². The Labute approximate surface area is 148 Å². The molecule has 0 fully saturated rings. The number of rotatable bonds is 6. The first-order valence-corrected chi connectivity index (χ1v) is 9.26. The molecule has 0 aromatic heterocycles. The van der Waals surface area contributed by atoms with Gasteiger partial charge < -0.3 is 10.1 Å². The molecule has 6 nitrogen and oxygen atoms in total. The standard InChI is InChI=1S/C18H22N2O4S/c1-12-6-5-7-17(13(12)2)19-18(21)14(3)20-25(22,23)16-10-8-15(24-4)9-11-16/h5-11,14,20H,1-4H3,(H,19,21)/t14-/m0/s1. The third kappa shape index (κ3) is 4.58. The molecule has 0 radical (unpaired) electrons. The maximum absolute atomic E-state index is 12.4. The maximum atomic E-state index is 12.4. The van der Waals surface area contributed by atoms with Crippen LogP contribution in [0.2, 0.25) is 0 Å². The van der Waals surface area contributed by atoms with Crippen LogP contribution in [0.1, 0.15) is 18.1 Å². The molecular weight excluding hydrogens is 340 g/mol. The Morgan fingerprint density at radius 2 is 1.72 bits per heavy atom. The average molecular weight is 362 g/mol. The number of amides is 1. The number of nitrogens with one attached hydrogen (secondary N) is 2. The maximum Gasteiger partial charge on any atom is 0.242 e. The topological polar surface area (TPSA) is 84.5 Å². The van der Waals surface area contributed by atoms with Crippen molar-refractivity contribution in [2.24, 2.45) is 0 Å². The number of sulfonamides is 1. The predicted octanol–water partition coefficient (Wildman–Crippen LogP) is 2.62. The summed E-state index contributed by atoms with van der Waals surface area (Å²) in [7, 11) is -2.31. The molecule has 0 aliphatic carbocycles. The van der Waals surface area contributed by atoms with Gasteiger partial charge in [-0.15, -0.1) is 0 Å². The van der Waals surface area contributed by atoms with Gasteiger partial charge in [-0.3, -0.25) is 4.79 Å². The zero-order chi connectivity index (χ0) is 18.6. The molecule has 0 unspecified atom stereocenters. The van der Waals surface area contributed by atoms with E-state index >= 15 is 0 Å². The van der Waals surface area contributed by atoms with Crippen molar-refractivity contribution in [1.29, 1.82) is 0 Å². The van der Waals surface area contributed by atoms with Crippen LogP contribution in [0.4, 0.5) is 5.69 Å². The van der Waals surface area contributed by atoms with E-state index in [2.05, 4.69) is 10.0 Å². The summed E-state index contributed by atoms with van der Waals surface area (Å²) in [6.45, 7) is 5.35. The lowest BCUT2D eigenvalue weighted by atomic mass is 10.1. The lowest BCUT2D eigenvalue weighted by Crippen LogP contribution is -2.41. The molecule has 2 N–H and O–H groups in total. The number of carbonyl (C=O) groups is 1. The summed E-state index contributed by atoms with van der Waals surface area (Å²) in [6, 6.07) is 10.6. The highest BCUT2D eigenvalue weighted by Crippen LogP contribution is 2.19. The largest absolute Gasteiger partial charge is 0.497 e. The van der Waals surface area contributed by atoms with Gasteiger partial charge in [0.1, 0.15) is 5.75 Å². The molecular formula is C18H22N2O4S. The Morgan fingerprint density at radius 1 is 1.08 bits per heavy atom. The molecule has 7 heteroatoms. The summed E-state index contributed by atoms with van der Waals surface area (Å²) in [5.41, 5.74) is 2.66. The summed E-state index contributed by atoms with van der Waals surface area (Å²) >= 11 is 0. The summed E-state index contributed by atoms with van der Waals surface area (Å²) in [5, 5.41) is 2.76. The van der Waals surface area contributed by atoms with Gasteiger partial charge in [-0.2, -0.15) is 4.72 Å². The molecule has 25 heavy (non-hydrogen) atoms. The molecule has 0 spiro atoms. The molecule has 1 amide bonds. The van der Waals surface area contributed by atoms with Crippen LogP contribution in [0.5, 0.6) is 5.75 Å². The Kier molecular flexibility index (Phi) is 5.81. The van der Waals surface area contributed by atoms with Gasteiger partial charge in [0, 0.05) is 5.69 Å². The van der Waals surface area contributed by atoms with Gasteiger partial charge in [0.2, 0.25) is 15.9 Å². The number of anilines is 1. The van der Waals surface area contributed by atoms with Crippen LogP contribution in [-0.2, 0) is 14.8 Å². The minimum absolute atomic E-state index is 0.0692. The Balaban J connectivity index is 2.10. The number of methoxy groups -OCH3 is 1. The second-order valence-corrected chi connectivity index (χ2v) is 7.47. The van der Waals surface area contributed by atoms with E-state index in [0.717, 1.165) is 11.1 Å². The molecule has 2 aromatic carbocycles. The van der Waals surface area contributed by atoms with Crippen LogP contribution in [-0.4, -0.2) is 27.5 Å². The quantitative estimate of drug-likeness (QED) is 0.827. The number of hydrogen-bond donors (Lipinski definition) is 2. The van der Waals surface area contributed by atoms with E-state index in [4.69, 9.17) is 4.74 Å². The van der Waals surface area contributed by atoms with Crippen molar-refractivity contribution in [3.8, 4) is 5.75 Å². The number of benzene rings is 2. The zero-order valence-electron chi connectivity index (χ0n) is 14.7. The lowest BCUT2D eigenvalue weighted by Gasteiger charge is -2.16. The van der Waals surface area contributed by atoms with Crippen molar-refractivity contribution in [1.82, 2.24) is 4.72 Å². The molecule has 0 saturated heterocycles.